The molecule has 2 aliphatic rings. The van der Waals surface area contributed by atoms with Crippen molar-refractivity contribution in [2.45, 2.75) is 39.7 Å². The van der Waals surface area contributed by atoms with Crippen molar-refractivity contribution in [2.75, 3.05) is 23.3 Å². The maximum atomic E-state index is 13.8. The zero-order valence-corrected chi connectivity index (χ0v) is 20.4. The van der Waals surface area contributed by atoms with E-state index in [1.54, 1.807) is 13.0 Å². The smallest absolute Gasteiger partial charge is 0.408 e. The van der Waals surface area contributed by atoms with Gasteiger partial charge in [0.1, 0.15) is 5.82 Å². The number of hydrogen-bond donors (Lipinski definition) is 3. The van der Waals surface area contributed by atoms with E-state index >= 15 is 0 Å². The Morgan fingerprint density at radius 1 is 1.19 bits per heavy atom. The number of nitrogens with zero attached hydrogens (tertiary/aromatic N) is 2. The van der Waals surface area contributed by atoms with Gasteiger partial charge in [-0.1, -0.05) is 0 Å². The van der Waals surface area contributed by atoms with Crippen LogP contribution in [0.15, 0.2) is 36.5 Å². The zero-order valence-electron chi connectivity index (χ0n) is 20.4. The minimum Gasteiger partial charge on any atom is -0.408 e. The van der Waals surface area contributed by atoms with Crippen LogP contribution in [0.4, 0.5) is 20.6 Å². The van der Waals surface area contributed by atoms with Gasteiger partial charge >= 0.3 is 6.09 Å². The molecule has 0 saturated carbocycles. The van der Waals surface area contributed by atoms with E-state index in [1.165, 1.54) is 18.2 Å². The van der Waals surface area contributed by atoms with Crippen LogP contribution in [-0.2, 0) is 4.79 Å². The topological polar surface area (TPSA) is 99.4 Å². The zero-order chi connectivity index (χ0) is 25.4. The number of carbonyl (C=O) groups is 2. The molecule has 0 radical (unpaired) electrons. The predicted octanol–water partition coefficient (Wildman–Crippen LogP) is 4.72. The second-order valence-electron chi connectivity index (χ2n) is 9.27. The lowest BCUT2D eigenvalue weighted by atomic mass is 10.0. The molecule has 0 atom stereocenters. The normalized spacial score (nSPS) is 16.7. The largest absolute Gasteiger partial charge is 0.412 e. The predicted molar refractivity (Wildman–Crippen MR) is 137 cm³/mol. The van der Waals surface area contributed by atoms with E-state index in [2.05, 4.69) is 31.6 Å². The monoisotopic (exact) mass is 489 g/mol. The van der Waals surface area contributed by atoms with Gasteiger partial charge in [0.2, 0.25) is 0 Å². The van der Waals surface area contributed by atoms with E-state index < -0.39 is 11.9 Å². The fourth-order valence-electron chi connectivity index (χ4n) is 4.72. The number of aryl methyl sites for hydroxylation is 2. The average molecular weight is 490 g/mol. The number of halogens is 1. The fraction of sp³-hybridized carbons (Fsp3) is 0.296. The Balaban J connectivity index is 1.24. The third-order valence-electron chi connectivity index (χ3n) is 6.73. The lowest BCUT2D eigenvalue weighted by Crippen LogP contribution is -2.45. The van der Waals surface area contributed by atoms with Crippen molar-refractivity contribution in [3.8, 4) is 5.75 Å². The van der Waals surface area contributed by atoms with Gasteiger partial charge in [-0.05, 0) is 70.0 Å². The summed E-state index contributed by atoms with van der Waals surface area (Å²) in [6.45, 7) is 7.21. The third-order valence-corrected chi connectivity index (χ3v) is 6.73. The average Bonchev–Trinajstić information content (AvgIpc) is 3.30. The highest BCUT2D eigenvalue weighted by molar-refractivity contribution is 6.34. The molecule has 0 unspecified atom stereocenters. The van der Waals surface area contributed by atoms with Gasteiger partial charge in [-0.15, -0.1) is 0 Å². The van der Waals surface area contributed by atoms with Crippen molar-refractivity contribution in [2.24, 2.45) is 0 Å². The number of pyridine rings is 1. The van der Waals surface area contributed by atoms with Crippen molar-refractivity contribution < 1.29 is 18.7 Å². The Morgan fingerprint density at radius 3 is 2.69 bits per heavy atom. The van der Waals surface area contributed by atoms with Gasteiger partial charge in [-0.2, -0.15) is 0 Å². The summed E-state index contributed by atoms with van der Waals surface area (Å²) in [4.78, 5) is 34.9. The first-order valence-electron chi connectivity index (χ1n) is 12.0. The molecule has 8 nitrogen and oxygen atoms in total. The van der Waals surface area contributed by atoms with Gasteiger partial charge in [0, 0.05) is 47.3 Å². The minimum absolute atomic E-state index is 0.0156. The van der Waals surface area contributed by atoms with Gasteiger partial charge in [0.15, 0.2) is 5.75 Å². The summed E-state index contributed by atoms with van der Waals surface area (Å²) < 4.78 is 19.4. The number of rotatable bonds is 4. The molecule has 3 aromatic rings. The van der Waals surface area contributed by atoms with Crippen molar-refractivity contribution in [3.63, 3.8) is 0 Å². The summed E-state index contributed by atoms with van der Waals surface area (Å²) in [5, 5.41) is 5.71. The molecular formula is C27H28FN5O3. The van der Waals surface area contributed by atoms with Crippen LogP contribution in [0.2, 0.25) is 0 Å². The van der Waals surface area contributed by atoms with Gasteiger partial charge in [0.05, 0.1) is 23.2 Å². The molecule has 0 spiro atoms. The highest BCUT2D eigenvalue weighted by Gasteiger charge is 2.26. The number of hydrogen-bond acceptors (Lipinski definition) is 5. The Bertz CT molecular complexity index is 1350. The first-order chi connectivity index (χ1) is 17.3. The Labute approximate surface area is 208 Å². The van der Waals surface area contributed by atoms with Crippen molar-refractivity contribution >= 4 is 35.0 Å². The van der Waals surface area contributed by atoms with Crippen LogP contribution in [0.25, 0.3) is 11.6 Å². The molecule has 186 valence electrons. The molecule has 2 aromatic heterocycles. The number of H-pyrrole nitrogens is 1. The summed E-state index contributed by atoms with van der Waals surface area (Å²) in [5.41, 5.74) is 5.45. The quantitative estimate of drug-likeness (QED) is 0.461. The number of carbonyl (C=O) groups excluding carboxylic acids is 2. The lowest BCUT2D eigenvalue weighted by molar-refractivity contribution is -0.110. The molecule has 9 heteroatoms. The number of benzene rings is 1. The van der Waals surface area contributed by atoms with Crippen molar-refractivity contribution in [1.29, 1.82) is 0 Å². The van der Waals surface area contributed by atoms with Crippen LogP contribution in [0, 0.1) is 26.6 Å². The number of piperidine rings is 1. The maximum Gasteiger partial charge on any atom is 0.412 e. The van der Waals surface area contributed by atoms with Crippen LogP contribution >= 0.6 is 0 Å². The van der Waals surface area contributed by atoms with Crippen LogP contribution < -0.4 is 20.3 Å². The van der Waals surface area contributed by atoms with E-state index in [0.717, 1.165) is 37.3 Å². The second kappa shape index (κ2) is 9.49. The first kappa shape index (κ1) is 23.6. The van der Waals surface area contributed by atoms with E-state index in [0.29, 0.717) is 39.5 Å². The Hall–Kier alpha value is -4.14. The molecule has 0 aliphatic carbocycles. The summed E-state index contributed by atoms with van der Waals surface area (Å²) in [7, 11) is 0. The molecule has 1 aromatic carbocycles. The molecule has 1 saturated heterocycles. The van der Waals surface area contributed by atoms with Gasteiger partial charge in [-0.3, -0.25) is 9.78 Å². The van der Waals surface area contributed by atoms with Gasteiger partial charge in [0.25, 0.3) is 5.91 Å². The van der Waals surface area contributed by atoms with E-state index in [1.807, 2.05) is 26.1 Å². The van der Waals surface area contributed by atoms with Crippen LogP contribution in [0.3, 0.4) is 0 Å². The highest BCUT2D eigenvalue weighted by Crippen LogP contribution is 2.35. The van der Waals surface area contributed by atoms with E-state index in [-0.39, 0.29) is 11.9 Å². The second-order valence-corrected chi connectivity index (χ2v) is 9.27. The molecule has 2 amide bonds. The van der Waals surface area contributed by atoms with Crippen LogP contribution in [0.5, 0.6) is 5.75 Å². The third kappa shape index (κ3) is 4.68. The standard InChI is InChI=1S/C27H28FN5O3/c1-15-4-6-20(14-29-15)33-10-8-19(9-11-33)31-27(35)36-25-16(2)24(30-17(25)3)13-22-21-12-18(28)5-7-23(21)32-26(22)34/h4-7,12-14,19,30H,8-11H2,1-3H3,(H,31,35)(H,32,34)/b22-13-. The van der Waals surface area contributed by atoms with Gasteiger partial charge < -0.3 is 25.3 Å². The van der Waals surface area contributed by atoms with Crippen molar-refractivity contribution in [1.82, 2.24) is 15.3 Å². The fourth-order valence-corrected chi connectivity index (χ4v) is 4.72. The minimum atomic E-state index is -0.513. The summed E-state index contributed by atoms with van der Waals surface area (Å²) in [6, 6.07) is 8.26. The SMILES string of the molecule is Cc1ccc(N2CCC(NC(=O)Oc3c(C)[nH]c(/C=C4\C(=O)Nc5ccc(F)cc54)c3C)CC2)cn1. The molecule has 5 rings (SSSR count). The highest BCUT2D eigenvalue weighted by atomic mass is 19.1. The summed E-state index contributed by atoms with van der Waals surface area (Å²) >= 11 is 0. The first-order valence-corrected chi connectivity index (χ1v) is 12.0. The molecule has 2 aliphatic heterocycles. The number of aromatic amines is 1. The number of aromatic nitrogens is 2. The van der Waals surface area contributed by atoms with Crippen molar-refractivity contribution in [3.05, 3.63) is 70.6 Å². The van der Waals surface area contributed by atoms with Crippen LogP contribution in [0.1, 0.15) is 41.1 Å². The number of nitrogens with one attached hydrogen (secondary N) is 3. The van der Waals surface area contributed by atoms with E-state index in [4.69, 9.17) is 4.74 Å². The molecular weight excluding hydrogens is 461 g/mol. The summed E-state index contributed by atoms with van der Waals surface area (Å²) in [5.74, 6) is -0.312. The number of anilines is 2. The Kier molecular flexibility index (Phi) is 6.22. The molecule has 4 heterocycles. The van der Waals surface area contributed by atoms with E-state index in [9.17, 15) is 14.0 Å². The number of fused-ring (bicyclic) bond motifs is 1. The lowest BCUT2D eigenvalue weighted by Gasteiger charge is -2.33. The summed E-state index contributed by atoms with van der Waals surface area (Å²) in [6.07, 6.45) is 4.63. The Morgan fingerprint density at radius 2 is 1.97 bits per heavy atom. The number of amides is 2. The van der Waals surface area contributed by atoms with Gasteiger partial charge in [-0.25, -0.2) is 9.18 Å². The molecule has 1 fully saturated rings. The molecule has 3 N–H and O–H groups in total. The number of ether oxygens (including phenoxy) is 1. The van der Waals surface area contributed by atoms with Crippen LogP contribution in [-0.4, -0.2) is 41.1 Å². The maximum absolute atomic E-state index is 13.8. The molecule has 36 heavy (non-hydrogen) atoms. The molecule has 0 bridgehead atoms.